The minimum absolute atomic E-state index is 0.0495. The van der Waals surface area contributed by atoms with Crippen LogP contribution in [0.15, 0.2) is 69.0 Å². The molecule has 0 spiro atoms. The Morgan fingerprint density at radius 3 is 2.67 bits per heavy atom. The lowest BCUT2D eigenvalue weighted by Crippen LogP contribution is -2.23. The molecule has 1 N–H and O–H groups in total. The summed E-state index contributed by atoms with van der Waals surface area (Å²) in [7, 11) is 0. The van der Waals surface area contributed by atoms with E-state index in [0.717, 1.165) is 69.8 Å². The van der Waals surface area contributed by atoms with Gasteiger partial charge in [0.25, 0.3) is 11.5 Å². The van der Waals surface area contributed by atoms with Crippen LogP contribution in [0.3, 0.4) is 0 Å². The minimum Gasteiger partial charge on any atom is -0.322 e. The van der Waals surface area contributed by atoms with E-state index in [-0.39, 0.29) is 17.4 Å². The second-order valence-electron chi connectivity index (χ2n) is 11.2. The van der Waals surface area contributed by atoms with Gasteiger partial charge in [-0.1, -0.05) is 48.0 Å². The smallest absolute Gasteiger partial charge is 0.282 e. The Bertz CT molecular complexity index is 1940. The van der Waals surface area contributed by atoms with E-state index < -0.39 is 0 Å². The average molecular weight is 657 g/mol. The molecule has 220 valence electrons. The number of fused-ring (bicyclic) bond motifs is 2. The highest BCUT2D eigenvalue weighted by Crippen LogP contribution is 2.39. The van der Waals surface area contributed by atoms with Crippen molar-refractivity contribution in [3.8, 4) is 5.00 Å². The summed E-state index contributed by atoms with van der Waals surface area (Å²) in [4.78, 5) is 33.6. The van der Waals surface area contributed by atoms with E-state index in [1.165, 1.54) is 15.1 Å². The van der Waals surface area contributed by atoms with Gasteiger partial charge in [0, 0.05) is 37.9 Å². The van der Waals surface area contributed by atoms with Crippen molar-refractivity contribution in [3.05, 3.63) is 108 Å². The Hall–Kier alpha value is -3.82. The van der Waals surface area contributed by atoms with Crippen LogP contribution in [0.1, 0.15) is 82.6 Å². The molecule has 0 radical (unpaired) electrons. The third kappa shape index (κ3) is 5.52. The number of nitrogens with one attached hydrogen (secondary N) is 1. The normalized spacial score (nSPS) is 13.9. The molecule has 0 fully saturated rings. The quantitative estimate of drug-likeness (QED) is 0.180. The van der Waals surface area contributed by atoms with Crippen molar-refractivity contribution in [1.82, 2.24) is 14.2 Å². The largest absolute Gasteiger partial charge is 0.322 e. The maximum absolute atomic E-state index is 13.8. The number of nitrogens with zero attached hydrogens (tertiary/aromatic N) is 4. The number of carbonyl (C=O) groups is 1. The van der Waals surface area contributed by atoms with E-state index in [1.807, 2.05) is 56.3 Å². The van der Waals surface area contributed by atoms with Gasteiger partial charge in [-0.25, -0.2) is 4.98 Å². The van der Waals surface area contributed by atoms with Crippen molar-refractivity contribution in [1.29, 1.82) is 0 Å². The zero-order chi connectivity index (χ0) is 30.2. The molecule has 7 nitrogen and oxygen atoms in total. The number of benzene rings is 2. The van der Waals surface area contributed by atoms with Crippen molar-refractivity contribution in [2.45, 2.75) is 65.7 Å². The van der Waals surface area contributed by atoms with Crippen molar-refractivity contribution in [2.24, 2.45) is 5.10 Å². The van der Waals surface area contributed by atoms with Crippen LogP contribution >= 0.6 is 27.3 Å². The number of para-hydroxylation sites is 1. The van der Waals surface area contributed by atoms with Crippen LogP contribution in [-0.2, 0) is 12.8 Å². The fourth-order valence-electron chi connectivity index (χ4n) is 5.79. The first kappa shape index (κ1) is 29.3. The minimum atomic E-state index is -0.197. The van der Waals surface area contributed by atoms with Gasteiger partial charge in [0.15, 0.2) is 0 Å². The Kier molecular flexibility index (Phi) is 8.20. The molecule has 3 heterocycles. The highest BCUT2D eigenvalue weighted by atomic mass is 79.9. The molecule has 0 unspecified atom stereocenters. The molecule has 1 atom stereocenters. The van der Waals surface area contributed by atoms with Crippen LogP contribution < -0.4 is 10.9 Å². The summed E-state index contributed by atoms with van der Waals surface area (Å²) < 4.78 is 4.43. The summed E-state index contributed by atoms with van der Waals surface area (Å²) in [5.74, 6) is 0.605. The number of hydrogen-bond donors (Lipinski definition) is 1. The van der Waals surface area contributed by atoms with Gasteiger partial charge >= 0.3 is 0 Å². The molecular weight excluding hydrogens is 622 g/mol. The Morgan fingerprint density at radius 1 is 1.14 bits per heavy atom. The second kappa shape index (κ2) is 12.1. The molecule has 1 aliphatic rings. The standard InChI is InChI=1S/C34H34BrN5O2S/c1-5-20(2)31-38-28-16-15-24(35)18-27(28)33(42)40(31)36-19-23-17-21(3)39(22(23)4)34-30(26-13-9-10-14-29(26)43-34)32(41)37-25-11-7-6-8-12-25/h6-8,11-12,15-20H,5,9-10,13-14H2,1-4H3,(H,37,41)/t20-/m1/s1. The third-order valence-corrected chi connectivity index (χ3v) is 10.1. The fourth-order valence-corrected chi connectivity index (χ4v) is 7.65. The van der Waals surface area contributed by atoms with E-state index in [9.17, 15) is 9.59 Å². The zero-order valence-electron chi connectivity index (χ0n) is 24.8. The summed E-state index contributed by atoms with van der Waals surface area (Å²) >= 11 is 5.19. The van der Waals surface area contributed by atoms with Crippen LogP contribution in [-0.4, -0.2) is 26.3 Å². The number of carbonyl (C=O) groups excluding carboxylic acids is 1. The van der Waals surface area contributed by atoms with E-state index in [0.29, 0.717) is 16.7 Å². The summed E-state index contributed by atoms with van der Waals surface area (Å²) in [6.45, 7) is 8.23. The predicted molar refractivity (Wildman–Crippen MR) is 180 cm³/mol. The van der Waals surface area contributed by atoms with Crippen LogP contribution in [0.2, 0.25) is 0 Å². The topological polar surface area (TPSA) is 81.3 Å². The van der Waals surface area contributed by atoms with Gasteiger partial charge in [0.05, 0.1) is 22.7 Å². The first-order valence-electron chi connectivity index (χ1n) is 14.7. The number of hydrogen-bond acceptors (Lipinski definition) is 5. The van der Waals surface area contributed by atoms with Crippen molar-refractivity contribution >= 4 is 56.0 Å². The van der Waals surface area contributed by atoms with Gasteiger partial charge in [-0.15, -0.1) is 11.3 Å². The molecule has 5 aromatic rings. The summed E-state index contributed by atoms with van der Waals surface area (Å²) in [5, 5.41) is 9.30. The van der Waals surface area contributed by atoms with E-state index >= 15 is 0 Å². The Labute approximate surface area is 263 Å². The van der Waals surface area contributed by atoms with Crippen molar-refractivity contribution in [2.75, 3.05) is 5.32 Å². The van der Waals surface area contributed by atoms with E-state index in [4.69, 9.17) is 10.1 Å². The van der Waals surface area contributed by atoms with Gasteiger partial charge < -0.3 is 9.88 Å². The molecule has 3 aromatic heterocycles. The maximum Gasteiger partial charge on any atom is 0.282 e. The average Bonchev–Trinajstić information content (AvgIpc) is 3.52. The number of rotatable bonds is 7. The second-order valence-corrected chi connectivity index (χ2v) is 13.2. The number of amides is 1. The van der Waals surface area contributed by atoms with Crippen molar-refractivity contribution in [3.63, 3.8) is 0 Å². The molecule has 6 rings (SSSR count). The SMILES string of the molecule is CC[C@@H](C)c1nc2ccc(Br)cc2c(=O)n1N=Cc1cc(C)n(-c2sc3c(c2C(=O)Nc2ccccc2)CCCC3)c1C. The van der Waals surface area contributed by atoms with Crippen LogP contribution in [0.5, 0.6) is 0 Å². The maximum atomic E-state index is 13.8. The number of halogens is 1. The predicted octanol–water partition coefficient (Wildman–Crippen LogP) is 8.15. The summed E-state index contributed by atoms with van der Waals surface area (Å²) in [6, 6.07) is 17.2. The van der Waals surface area contributed by atoms with Gasteiger partial charge in [0.2, 0.25) is 0 Å². The highest BCUT2D eigenvalue weighted by Gasteiger charge is 2.28. The van der Waals surface area contributed by atoms with Gasteiger partial charge in [-0.05, 0) is 87.9 Å². The lowest BCUT2D eigenvalue weighted by molar-refractivity contribution is 0.102. The van der Waals surface area contributed by atoms with E-state index in [1.54, 1.807) is 23.6 Å². The first-order valence-corrected chi connectivity index (χ1v) is 16.3. The number of aromatic nitrogens is 3. The molecule has 1 aliphatic carbocycles. The lowest BCUT2D eigenvalue weighted by atomic mass is 9.95. The molecule has 0 aliphatic heterocycles. The molecular formula is C34H34BrN5O2S. The van der Waals surface area contributed by atoms with E-state index in [2.05, 4.69) is 45.7 Å². The highest BCUT2D eigenvalue weighted by molar-refractivity contribution is 9.10. The zero-order valence-corrected chi connectivity index (χ0v) is 27.2. The molecule has 1 amide bonds. The monoisotopic (exact) mass is 655 g/mol. The number of thiophene rings is 1. The number of aryl methyl sites for hydroxylation is 2. The molecule has 0 saturated heterocycles. The Morgan fingerprint density at radius 2 is 1.91 bits per heavy atom. The Balaban J connectivity index is 1.44. The third-order valence-electron chi connectivity index (χ3n) is 8.28. The van der Waals surface area contributed by atoms with Crippen LogP contribution in [0, 0.1) is 13.8 Å². The molecule has 0 bridgehead atoms. The molecule has 2 aromatic carbocycles. The van der Waals surface area contributed by atoms with Crippen molar-refractivity contribution < 1.29 is 4.79 Å². The molecule has 9 heteroatoms. The van der Waals surface area contributed by atoms with Gasteiger partial charge in [-0.2, -0.15) is 9.78 Å². The molecule has 43 heavy (non-hydrogen) atoms. The summed E-state index contributed by atoms with van der Waals surface area (Å²) in [6.07, 6.45) is 6.69. The van der Waals surface area contributed by atoms with Gasteiger partial charge in [-0.3, -0.25) is 9.59 Å². The van der Waals surface area contributed by atoms with Gasteiger partial charge in [0.1, 0.15) is 10.8 Å². The summed E-state index contributed by atoms with van der Waals surface area (Å²) in [5.41, 5.74) is 6.02. The molecule has 0 saturated carbocycles. The first-order chi connectivity index (χ1) is 20.8. The van der Waals surface area contributed by atoms with Crippen LogP contribution in [0.25, 0.3) is 15.9 Å². The number of anilines is 1. The fraction of sp³-hybridized carbons (Fsp3) is 0.294. The lowest BCUT2D eigenvalue weighted by Gasteiger charge is -2.14. The van der Waals surface area contributed by atoms with Crippen LogP contribution in [0.4, 0.5) is 5.69 Å².